The number of benzene rings is 3. The maximum absolute atomic E-state index is 12.4. The molecule has 1 aliphatic heterocycles. The number of nitrogens with zero attached hydrogens (tertiary/aromatic N) is 1. The molecule has 0 fully saturated rings. The number of rotatable bonds is 8. The number of hydrogen-bond donors (Lipinski definition) is 0. The van der Waals surface area contributed by atoms with E-state index in [0.29, 0.717) is 43.1 Å². The summed E-state index contributed by atoms with van der Waals surface area (Å²) in [6.45, 7) is 1.20. The van der Waals surface area contributed by atoms with Crippen molar-refractivity contribution < 1.29 is 19.1 Å². The van der Waals surface area contributed by atoms with Crippen LogP contribution in [0.5, 0.6) is 11.5 Å². The minimum absolute atomic E-state index is 0.238. The average molecular weight is 466 g/mol. The lowest BCUT2D eigenvalue weighted by Crippen LogP contribution is -2.31. The summed E-state index contributed by atoms with van der Waals surface area (Å²) < 4.78 is 12.4. The van der Waals surface area contributed by atoms with E-state index >= 15 is 0 Å². The highest BCUT2D eigenvalue weighted by Gasteiger charge is 2.34. The van der Waals surface area contributed by atoms with Crippen molar-refractivity contribution in [2.24, 2.45) is 0 Å². The summed E-state index contributed by atoms with van der Waals surface area (Å²) in [6, 6.07) is 22.4. The second-order valence-corrected chi connectivity index (χ2v) is 7.73. The number of carbonyl (C=O) groups is 2. The third-order valence-electron chi connectivity index (χ3n) is 4.81. The minimum Gasteiger partial charge on any atom is -0.493 e. The van der Waals surface area contributed by atoms with Crippen molar-refractivity contribution in [3.63, 3.8) is 0 Å². The van der Waals surface area contributed by atoms with Crippen LogP contribution in [0.15, 0.2) is 77.3 Å². The fourth-order valence-corrected chi connectivity index (χ4v) is 3.75. The molecule has 3 aromatic carbocycles. The highest BCUT2D eigenvalue weighted by Crippen LogP contribution is 2.30. The summed E-state index contributed by atoms with van der Waals surface area (Å²) in [6.07, 6.45) is 0.551. The van der Waals surface area contributed by atoms with Crippen molar-refractivity contribution in [3.8, 4) is 11.5 Å². The van der Waals surface area contributed by atoms with Gasteiger partial charge in [-0.3, -0.25) is 14.5 Å². The van der Waals surface area contributed by atoms with E-state index in [4.69, 9.17) is 9.47 Å². The molecule has 5 nitrogen and oxygen atoms in total. The summed E-state index contributed by atoms with van der Waals surface area (Å²) in [4.78, 5) is 26.0. The van der Waals surface area contributed by atoms with Crippen LogP contribution in [0.3, 0.4) is 0 Å². The zero-order valence-electron chi connectivity index (χ0n) is 16.2. The molecular weight excluding hydrogens is 446 g/mol. The van der Waals surface area contributed by atoms with Gasteiger partial charge >= 0.3 is 0 Å². The maximum Gasteiger partial charge on any atom is 0.261 e. The van der Waals surface area contributed by atoms with Crippen LogP contribution in [0, 0.1) is 0 Å². The van der Waals surface area contributed by atoms with Gasteiger partial charge in [0.25, 0.3) is 11.8 Å². The fourth-order valence-electron chi connectivity index (χ4n) is 3.28. The Hall–Kier alpha value is -3.12. The van der Waals surface area contributed by atoms with Crippen molar-refractivity contribution in [2.75, 3.05) is 13.2 Å². The lowest BCUT2D eigenvalue weighted by molar-refractivity contribution is 0.0646. The summed E-state index contributed by atoms with van der Waals surface area (Å²) in [5.41, 5.74) is 2.04. The molecule has 0 N–H and O–H groups in total. The monoisotopic (exact) mass is 465 g/mol. The molecule has 2 amide bonds. The summed E-state index contributed by atoms with van der Waals surface area (Å²) in [5, 5.41) is 0. The van der Waals surface area contributed by atoms with Gasteiger partial charge in [0.15, 0.2) is 0 Å². The van der Waals surface area contributed by atoms with Gasteiger partial charge < -0.3 is 9.47 Å². The molecule has 0 aliphatic carbocycles. The average Bonchev–Trinajstić information content (AvgIpc) is 3.01. The summed E-state index contributed by atoms with van der Waals surface area (Å²) >= 11 is 3.51. The van der Waals surface area contributed by atoms with Crippen molar-refractivity contribution >= 4 is 27.7 Å². The van der Waals surface area contributed by atoms with Crippen molar-refractivity contribution in [3.05, 3.63) is 94.0 Å². The Labute approximate surface area is 183 Å². The van der Waals surface area contributed by atoms with Crippen molar-refractivity contribution in [1.29, 1.82) is 0 Å². The SMILES string of the molecule is O=C1c2ccccc2C(=O)N1CCCOc1ccc(OCc2ccccc2)c(Br)c1. The Morgan fingerprint density at radius 1 is 0.800 bits per heavy atom. The molecule has 0 bridgehead atoms. The smallest absolute Gasteiger partial charge is 0.261 e. The summed E-state index contributed by atoms with van der Waals surface area (Å²) in [5.74, 6) is 0.949. The van der Waals surface area contributed by atoms with Gasteiger partial charge in [-0.1, -0.05) is 42.5 Å². The van der Waals surface area contributed by atoms with E-state index in [2.05, 4.69) is 15.9 Å². The molecule has 30 heavy (non-hydrogen) atoms. The second kappa shape index (κ2) is 9.13. The van der Waals surface area contributed by atoms with Gasteiger partial charge in [-0.25, -0.2) is 0 Å². The topological polar surface area (TPSA) is 55.8 Å². The first-order valence-corrected chi connectivity index (χ1v) is 10.5. The van der Waals surface area contributed by atoms with E-state index < -0.39 is 0 Å². The fraction of sp³-hybridized carbons (Fsp3) is 0.167. The Balaban J connectivity index is 1.26. The normalized spacial score (nSPS) is 12.8. The van der Waals surface area contributed by atoms with Crippen LogP contribution in [-0.4, -0.2) is 29.9 Å². The predicted molar refractivity (Wildman–Crippen MR) is 117 cm³/mol. The third kappa shape index (κ3) is 4.39. The molecule has 6 heteroatoms. The number of hydrogen-bond acceptors (Lipinski definition) is 4. The van der Waals surface area contributed by atoms with Gasteiger partial charge in [-0.15, -0.1) is 0 Å². The van der Waals surface area contributed by atoms with E-state index in [9.17, 15) is 9.59 Å². The molecule has 1 heterocycles. The standard InChI is InChI=1S/C24H20BrNO4/c25-21-15-18(11-12-22(21)30-16-17-7-2-1-3-8-17)29-14-6-13-26-23(27)19-9-4-5-10-20(19)24(26)28/h1-5,7-12,15H,6,13-14,16H2. The molecule has 4 rings (SSSR count). The van der Waals surface area contributed by atoms with E-state index in [-0.39, 0.29) is 11.8 Å². The molecule has 1 aliphatic rings. The first-order chi connectivity index (χ1) is 14.6. The largest absolute Gasteiger partial charge is 0.493 e. The second-order valence-electron chi connectivity index (χ2n) is 6.88. The molecule has 0 radical (unpaired) electrons. The number of fused-ring (bicyclic) bond motifs is 1. The molecule has 0 aromatic heterocycles. The lowest BCUT2D eigenvalue weighted by atomic mass is 10.1. The maximum atomic E-state index is 12.4. The van der Waals surface area contributed by atoms with Crippen LogP contribution in [0.25, 0.3) is 0 Å². The third-order valence-corrected chi connectivity index (χ3v) is 5.43. The molecule has 152 valence electrons. The van der Waals surface area contributed by atoms with Crippen LogP contribution in [-0.2, 0) is 6.61 Å². The molecular formula is C24H20BrNO4. The number of imide groups is 1. The van der Waals surface area contributed by atoms with E-state index in [1.165, 1.54) is 4.90 Å². The molecule has 3 aromatic rings. The molecule has 0 unspecified atom stereocenters. The van der Waals surface area contributed by atoms with Gasteiger partial charge in [0.2, 0.25) is 0 Å². The van der Waals surface area contributed by atoms with Crippen molar-refractivity contribution in [1.82, 2.24) is 4.90 Å². The minimum atomic E-state index is -0.238. The number of carbonyl (C=O) groups excluding carboxylic acids is 2. The highest BCUT2D eigenvalue weighted by molar-refractivity contribution is 9.10. The van der Waals surface area contributed by atoms with Crippen LogP contribution in [0.4, 0.5) is 0 Å². The first kappa shape index (κ1) is 20.2. The van der Waals surface area contributed by atoms with E-state index in [0.717, 1.165) is 15.8 Å². The quantitative estimate of drug-likeness (QED) is 0.343. The van der Waals surface area contributed by atoms with Gasteiger partial charge in [0, 0.05) is 6.54 Å². The van der Waals surface area contributed by atoms with Crippen LogP contribution >= 0.6 is 15.9 Å². The van der Waals surface area contributed by atoms with Gasteiger partial charge in [0.1, 0.15) is 18.1 Å². The zero-order valence-corrected chi connectivity index (χ0v) is 17.8. The highest BCUT2D eigenvalue weighted by atomic mass is 79.9. The predicted octanol–water partition coefficient (Wildman–Crippen LogP) is 5.09. The van der Waals surface area contributed by atoms with Gasteiger partial charge in [0.05, 0.1) is 22.2 Å². The number of amides is 2. The van der Waals surface area contributed by atoms with Crippen LogP contribution < -0.4 is 9.47 Å². The summed E-state index contributed by atoms with van der Waals surface area (Å²) in [7, 11) is 0. The molecule has 0 atom stereocenters. The van der Waals surface area contributed by atoms with E-state index in [1.54, 1.807) is 24.3 Å². The molecule has 0 spiro atoms. The Morgan fingerprint density at radius 2 is 1.47 bits per heavy atom. The van der Waals surface area contributed by atoms with Crippen LogP contribution in [0.2, 0.25) is 0 Å². The van der Waals surface area contributed by atoms with Crippen molar-refractivity contribution in [2.45, 2.75) is 13.0 Å². The van der Waals surface area contributed by atoms with E-state index in [1.807, 2.05) is 48.5 Å². The van der Waals surface area contributed by atoms with Gasteiger partial charge in [-0.2, -0.15) is 0 Å². The first-order valence-electron chi connectivity index (χ1n) is 9.68. The Morgan fingerprint density at radius 3 is 2.13 bits per heavy atom. The van der Waals surface area contributed by atoms with Gasteiger partial charge in [-0.05, 0) is 58.2 Å². The molecule has 0 saturated heterocycles. The van der Waals surface area contributed by atoms with Crippen LogP contribution in [0.1, 0.15) is 32.7 Å². The number of ether oxygens (including phenoxy) is 2. The lowest BCUT2D eigenvalue weighted by Gasteiger charge is -2.14. The number of halogens is 1. The molecule has 0 saturated carbocycles. The Kier molecular flexibility index (Phi) is 6.14. The Bertz CT molecular complexity index is 1030. The zero-order chi connectivity index (χ0) is 20.9.